The lowest BCUT2D eigenvalue weighted by Gasteiger charge is -2.09. The third-order valence-electron chi connectivity index (χ3n) is 4.34. The second-order valence-electron chi connectivity index (χ2n) is 6.20. The van der Waals surface area contributed by atoms with Gasteiger partial charge in [-0.05, 0) is 24.3 Å². The first-order chi connectivity index (χ1) is 13.7. The number of nitrogens with zero attached hydrogens (tertiary/aromatic N) is 2. The molecule has 136 valence electrons. The number of fused-ring (bicyclic) bond motifs is 1. The number of carbonyl (C=O) groups excluding carboxylic acids is 1. The lowest BCUT2D eigenvalue weighted by Crippen LogP contribution is -2.18. The Hall–Kier alpha value is -3.99. The molecule has 1 amide bonds. The highest BCUT2D eigenvalue weighted by Gasteiger charge is 2.13. The van der Waals surface area contributed by atoms with E-state index < -0.39 is 0 Å². The van der Waals surface area contributed by atoms with Gasteiger partial charge >= 0.3 is 0 Å². The number of carbonyl (C=O) groups is 1. The second-order valence-corrected chi connectivity index (χ2v) is 6.20. The Morgan fingerprint density at radius 2 is 1.64 bits per heavy atom. The summed E-state index contributed by atoms with van der Waals surface area (Å²) < 4.78 is 0. The fourth-order valence-corrected chi connectivity index (χ4v) is 2.94. The summed E-state index contributed by atoms with van der Waals surface area (Å²) in [5, 5.41) is 14.5. The first kappa shape index (κ1) is 17.4. The van der Waals surface area contributed by atoms with E-state index in [1.54, 1.807) is 30.3 Å². The zero-order chi connectivity index (χ0) is 19.3. The maximum Gasteiger partial charge on any atom is 0.272 e. The minimum Gasteiger partial charge on any atom is -0.507 e. The standard InChI is InChI=1S/C23H17N3O2/c27-22-13-7-4-10-17(22)15-24-26-23(28)19-14-21(16-8-2-1-3-9-16)25-20-12-6-5-11-18(19)20/h1-15,27H,(H,26,28)/b24-15+. The molecule has 1 heterocycles. The summed E-state index contributed by atoms with van der Waals surface area (Å²) in [5.41, 5.74) is 5.93. The van der Waals surface area contributed by atoms with E-state index in [1.807, 2.05) is 54.6 Å². The van der Waals surface area contributed by atoms with Gasteiger partial charge in [-0.15, -0.1) is 0 Å². The van der Waals surface area contributed by atoms with Crippen molar-refractivity contribution in [1.82, 2.24) is 10.4 Å². The molecule has 0 radical (unpaired) electrons. The molecule has 4 aromatic rings. The number of aromatic nitrogens is 1. The summed E-state index contributed by atoms with van der Waals surface area (Å²) >= 11 is 0. The molecule has 1 aromatic heterocycles. The Morgan fingerprint density at radius 1 is 0.929 bits per heavy atom. The van der Waals surface area contributed by atoms with Gasteiger partial charge in [0.15, 0.2) is 0 Å². The van der Waals surface area contributed by atoms with Gasteiger partial charge in [-0.3, -0.25) is 4.79 Å². The van der Waals surface area contributed by atoms with E-state index in [0.717, 1.165) is 16.5 Å². The predicted molar refractivity (Wildman–Crippen MR) is 110 cm³/mol. The molecule has 28 heavy (non-hydrogen) atoms. The normalized spacial score (nSPS) is 11.0. The highest BCUT2D eigenvalue weighted by molar-refractivity contribution is 6.07. The van der Waals surface area contributed by atoms with Crippen molar-refractivity contribution in [2.24, 2.45) is 5.10 Å². The van der Waals surface area contributed by atoms with Gasteiger partial charge in [0.25, 0.3) is 5.91 Å². The van der Waals surface area contributed by atoms with Crippen LogP contribution >= 0.6 is 0 Å². The summed E-state index contributed by atoms with van der Waals surface area (Å²) in [5.74, 6) is -0.247. The fourth-order valence-electron chi connectivity index (χ4n) is 2.94. The Bertz CT molecular complexity index is 1170. The molecule has 0 saturated heterocycles. The number of para-hydroxylation sites is 2. The molecule has 0 bridgehead atoms. The Kier molecular flexibility index (Phi) is 4.80. The molecule has 0 aliphatic heterocycles. The van der Waals surface area contributed by atoms with Gasteiger partial charge in [0.2, 0.25) is 0 Å². The second kappa shape index (κ2) is 7.72. The number of nitrogens with one attached hydrogen (secondary N) is 1. The van der Waals surface area contributed by atoms with Crippen molar-refractivity contribution in [1.29, 1.82) is 0 Å². The fraction of sp³-hybridized carbons (Fsp3) is 0. The van der Waals surface area contributed by atoms with Crippen LogP contribution in [0.2, 0.25) is 0 Å². The Labute approximate surface area is 162 Å². The van der Waals surface area contributed by atoms with Crippen molar-refractivity contribution < 1.29 is 9.90 Å². The molecular weight excluding hydrogens is 350 g/mol. The van der Waals surface area contributed by atoms with Gasteiger partial charge in [-0.2, -0.15) is 5.10 Å². The number of phenols is 1. The van der Waals surface area contributed by atoms with Crippen molar-refractivity contribution >= 4 is 23.0 Å². The summed E-state index contributed by atoms with van der Waals surface area (Å²) in [6.45, 7) is 0. The van der Waals surface area contributed by atoms with Crippen LogP contribution in [-0.4, -0.2) is 22.2 Å². The number of hydrazone groups is 1. The minimum atomic E-state index is -0.345. The highest BCUT2D eigenvalue weighted by Crippen LogP contribution is 2.24. The summed E-state index contributed by atoms with van der Waals surface area (Å²) in [6, 6.07) is 25.7. The number of pyridine rings is 1. The number of hydrogen-bond acceptors (Lipinski definition) is 4. The van der Waals surface area contributed by atoms with E-state index >= 15 is 0 Å². The first-order valence-electron chi connectivity index (χ1n) is 8.79. The zero-order valence-electron chi connectivity index (χ0n) is 14.9. The molecule has 0 spiro atoms. The largest absolute Gasteiger partial charge is 0.507 e. The van der Waals surface area contributed by atoms with Gasteiger partial charge < -0.3 is 5.11 Å². The quantitative estimate of drug-likeness (QED) is 0.415. The number of benzene rings is 3. The Morgan fingerprint density at radius 3 is 2.46 bits per heavy atom. The third-order valence-corrected chi connectivity index (χ3v) is 4.34. The summed E-state index contributed by atoms with van der Waals surface area (Å²) in [4.78, 5) is 17.5. The zero-order valence-corrected chi connectivity index (χ0v) is 14.9. The van der Waals surface area contributed by atoms with Crippen LogP contribution in [0.5, 0.6) is 5.75 Å². The molecule has 0 unspecified atom stereocenters. The minimum absolute atomic E-state index is 0.0984. The van der Waals surface area contributed by atoms with Crippen LogP contribution in [0.15, 0.2) is 90.0 Å². The maximum atomic E-state index is 12.8. The van der Waals surface area contributed by atoms with Gasteiger partial charge in [0, 0.05) is 16.5 Å². The van der Waals surface area contributed by atoms with Crippen molar-refractivity contribution in [3.05, 3.63) is 96.1 Å². The van der Waals surface area contributed by atoms with Crippen LogP contribution < -0.4 is 5.43 Å². The van der Waals surface area contributed by atoms with E-state index in [-0.39, 0.29) is 11.7 Å². The van der Waals surface area contributed by atoms with Crippen LogP contribution in [0, 0.1) is 0 Å². The van der Waals surface area contributed by atoms with Crippen molar-refractivity contribution in [2.45, 2.75) is 0 Å². The molecule has 0 fully saturated rings. The van der Waals surface area contributed by atoms with Gasteiger partial charge in [0.05, 0.1) is 23.0 Å². The third kappa shape index (κ3) is 3.59. The molecule has 2 N–H and O–H groups in total. The van der Waals surface area contributed by atoms with E-state index in [1.165, 1.54) is 6.21 Å². The number of hydrogen-bond donors (Lipinski definition) is 2. The molecule has 4 rings (SSSR count). The number of amides is 1. The van der Waals surface area contributed by atoms with Gasteiger partial charge in [-0.25, -0.2) is 10.4 Å². The first-order valence-corrected chi connectivity index (χ1v) is 8.79. The molecular formula is C23H17N3O2. The lowest BCUT2D eigenvalue weighted by molar-refractivity contribution is 0.0956. The molecule has 0 atom stereocenters. The summed E-state index contributed by atoms with van der Waals surface area (Å²) in [6.07, 6.45) is 1.41. The topological polar surface area (TPSA) is 74.6 Å². The molecule has 0 aliphatic rings. The van der Waals surface area contributed by atoms with E-state index in [0.29, 0.717) is 16.8 Å². The number of aromatic hydroxyl groups is 1. The number of phenolic OH excluding ortho intramolecular Hbond substituents is 1. The summed E-state index contributed by atoms with van der Waals surface area (Å²) in [7, 11) is 0. The van der Waals surface area contributed by atoms with Crippen molar-refractivity contribution in [3.63, 3.8) is 0 Å². The highest BCUT2D eigenvalue weighted by atomic mass is 16.3. The average Bonchev–Trinajstić information content (AvgIpc) is 2.75. The van der Waals surface area contributed by atoms with E-state index in [9.17, 15) is 9.90 Å². The average molecular weight is 367 g/mol. The van der Waals surface area contributed by atoms with Crippen LogP contribution in [-0.2, 0) is 0 Å². The Balaban J connectivity index is 1.69. The van der Waals surface area contributed by atoms with Crippen LogP contribution in [0.3, 0.4) is 0 Å². The van der Waals surface area contributed by atoms with Gasteiger partial charge in [-0.1, -0.05) is 60.7 Å². The van der Waals surface area contributed by atoms with Crippen LogP contribution in [0.4, 0.5) is 0 Å². The smallest absolute Gasteiger partial charge is 0.272 e. The maximum absolute atomic E-state index is 12.8. The predicted octanol–water partition coefficient (Wildman–Crippen LogP) is 4.37. The molecule has 0 saturated carbocycles. The van der Waals surface area contributed by atoms with Gasteiger partial charge in [0.1, 0.15) is 5.75 Å². The molecule has 3 aromatic carbocycles. The molecule has 5 heteroatoms. The van der Waals surface area contributed by atoms with Crippen molar-refractivity contribution in [3.8, 4) is 17.0 Å². The monoisotopic (exact) mass is 367 g/mol. The van der Waals surface area contributed by atoms with E-state index in [4.69, 9.17) is 0 Å². The van der Waals surface area contributed by atoms with Crippen LogP contribution in [0.25, 0.3) is 22.2 Å². The van der Waals surface area contributed by atoms with E-state index in [2.05, 4.69) is 15.5 Å². The lowest BCUT2D eigenvalue weighted by atomic mass is 10.0. The number of rotatable bonds is 4. The molecule has 0 aliphatic carbocycles. The van der Waals surface area contributed by atoms with Crippen LogP contribution in [0.1, 0.15) is 15.9 Å². The SMILES string of the molecule is O=C(N/N=C/c1ccccc1O)c1cc(-c2ccccc2)nc2ccccc12. The van der Waals surface area contributed by atoms with Crippen molar-refractivity contribution in [2.75, 3.05) is 0 Å². The molecule has 5 nitrogen and oxygen atoms in total.